The lowest BCUT2D eigenvalue weighted by Crippen LogP contribution is -2.29. The zero-order valence-corrected chi connectivity index (χ0v) is 36.5. The fraction of sp³-hybridized carbons (Fsp3) is 0.652. The molecule has 0 amide bonds. The molecule has 0 spiro atoms. The van der Waals surface area contributed by atoms with Gasteiger partial charge in [-0.15, -0.1) is 0 Å². The molecule has 0 saturated heterocycles. The van der Waals surface area contributed by atoms with Crippen LogP contribution in [0.25, 0.3) is 0 Å². The zero-order chi connectivity index (χ0) is 42.8. The number of hydrogen-bond acceptors (Lipinski definition) is 10. The number of phosphoric ester groups is 1. The Kier molecular flexibility index (Phi) is 38.8. The minimum absolute atomic E-state index is 0.125. The number of phosphoric acid groups is 1. The van der Waals surface area contributed by atoms with Crippen LogP contribution in [0.2, 0.25) is 0 Å². The predicted molar refractivity (Wildman–Crippen MR) is 234 cm³/mol. The third kappa shape index (κ3) is 39.9. The normalized spacial score (nSPS) is 15.2. The summed E-state index contributed by atoms with van der Waals surface area (Å²) >= 11 is 0. The van der Waals surface area contributed by atoms with Gasteiger partial charge in [0.1, 0.15) is 12.7 Å². The second kappa shape index (κ2) is 40.9. The molecule has 11 nitrogen and oxygen atoms in total. The van der Waals surface area contributed by atoms with Crippen LogP contribution in [-0.4, -0.2) is 76.9 Å². The molecule has 12 heteroatoms. The van der Waals surface area contributed by atoms with E-state index in [1.54, 1.807) is 6.08 Å². The van der Waals surface area contributed by atoms with Gasteiger partial charge in [0.25, 0.3) is 0 Å². The van der Waals surface area contributed by atoms with E-state index in [1.807, 2.05) is 42.5 Å². The first-order chi connectivity index (χ1) is 28.1. The van der Waals surface area contributed by atoms with E-state index in [1.165, 1.54) is 38.5 Å². The average Bonchev–Trinajstić information content (AvgIpc) is 3.21. The van der Waals surface area contributed by atoms with E-state index in [9.17, 15) is 29.3 Å². The van der Waals surface area contributed by atoms with Gasteiger partial charge in [-0.1, -0.05) is 144 Å². The van der Waals surface area contributed by atoms with Gasteiger partial charge >= 0.3 is 19.8 Å². The highest BCUT2D eigenvalue weighted by Crippen LogP contribution is 2.43. The van der Waals surface area contributed by atoms with Crippen molar-refractivity contribution in [3.63, 3.8) is 0 Å². The van der Waals surface area contributed by atoms with Crippen molar-refractivity contribution >= 4 is 19.8 Å². The van der Waals surface area contributed by atoms with Crippen molar-refractivity contribution in [2.75, 3.05) is 26.4 Å². The number of unbranched alkanes of at least 4 members (excludes halogenated alkanes) is 11. The van der Waals surface area contributed by atoms with E-state index in [4.69, 9.17) is 19.1 Å². The summed E-state index contributed by atoms with van der Waals surface area (Å²) in [7, 11) is -4.65. The van der Waals surface area contributed by atoms with Gasteiger partial charge in [0, 0.05) is 12.8 Å². The first kappa shape index (κ1) is 55.1. The Bertz CT molecular complexity index is 1250. The summed E-state index contributed by atoms with van der Waals surface area (Å²) in [6.07, 6.45) is 44.4. The maximum absolute atomic E-state index is 12.6. The maximum atomic E-state index is 12.6. The van der Waals surface area contributed by atoms with Gasteiger partial charge in [-0.3, -0.25) is 18.6 Å². The minimum Gasteiger partial charge on any atom is -0.462 e. The predicted octanol–water partition coefficient (Wildman–Crippen LogP) is 10.4. The van der Waals surface area contributed by atoms with Crippen LogP contribution in [0.1, 0.15) is 149 Å². The molecule has 0 aliphatic carbocycles. The number of rotatable bonds is 39. The van der Waals surface area contributed by atoms with Crippen molar-refractivity contribution in [1.29, 1.82) is 0 Å². The van der Waals surface area contributed by atoms with Gasteiger partial charge in [-0.2, -0.15) is 0 Å². The molecule has 0 bridgehead atoms. The molecule has 4 N–H and O–H groups in total. The molecule has 58 heavy (non-hydrogen) atoms. The molecule has 0 aliphatic heterocycles. The van der Waals surface area contributed by atoms with E-state index in [0.29, 0.717) is 32.1 Å². The minimum atomic E-state index is -4.65. The third-order valence-electron chi connectivity index (χ3n) is 8.61. The van der Waals surface area contributed by atoms with Crippen molar-refractivity contribution < 1.29 is 52.9 Å². The van der Waals surface area contributed by atoms with E-state index in [0.717, 1.165) is 51.4 Å². The van der Waals surface area contributed by atoms with Gasteiger partial charge in [0.05, 0.1) is 25.9 Å². The molecule has 0 aromatic rings. The van der Waals surface area contributed by atoms with Crippen LogP contribution >= 0.6 is 7.82 Å². The molecule has 0 rings (SSSR count). The standard InChI is InChI=1S/C46H77O11P/c1-3-5-7-9-11-12-13-14-15-16-17-18-19-20-25-29-33-37-46(51)57-44(41-56-58(52,53)55-39-43(49)38-47)40-54-45(50)36-32-28-24-22-21-23-27-31-35-42(48)34-30-26-10-8-6-4-2/h6,8,11-12,14-15,22-24,26-27,30-31,35,42-44,47-49H,3-5,7,9-10,13,16-21,25,28-29,32-34,36-41H2,1-2H3,(H,52,53)/b8-6-,12-11-,15-14-,24-22-,27-23-,30-26-,35-31+/t42?,43-,44+/m0/s1. The number of ether oxygens (including phenoxy) is 2. The van der Waals surface area contributed by atoms with Crippen molar-refractivity contribution in [3.05, 3.63) is 85.1 Å². The number of esters is 2. The van der Waals surface area contributed by atoms with Crippen LogP contribution in [0, 0.1) is 0 Å². The number of hydrogen-bond donors (Lipinski definition) is 4. The summed E-state index contributed by atoms with van der Waals surface area (Å²) in [6.45, 7) is 2.06. The molecular formula is C46H77O11P. The van der Waals surface area contributed by atoms with Crippen molar-refractivity contribution in [2.24, 2.45) is 0 Å². The fourth-order valence-corrected chi connectivity index (χ4v) is 6.05. The van der Waals surface area contributed by atoms with Crippen LogP contribution < -0.4 is 0 Å². The number of aliphatic hydroxyl groups is 3. The van der Waals surface area contributed by atoms with Crippen molar-refractivity contribution in [1.82, 2.24) is 0 Å². The molecule has 0 aliphatic rings. The quantitative estimate of drug-likeness (QED) is 0.0153. The molecule has 0 heterocycles. The van der Waals surface area contributed by atoms with Crippen LogP contribution in [0.4, 0.5) is 0 Å². The Hall–Kier alpha value is -2.89. The highest BCUT2D eigenvalue weighted by atomic mass is 31.2. The number of allylic oxidation sites excluding steroid dienone is 12. The molecule has 0 saturated carbocycles. The lowest BCUT2D eigenvalue weighted by Gasteiger charge is -2.20. The molecule has 0 aromatic heterocycles. The fourth-order valence-electron chi connectivity index (χ4n) is 5.26. The Balaban J connectivity index is 4.48. The van der Waals surface area contributed by atoms with E-state index in [-0.39, 0.29) is 19.4 Å². The zero-order valence-electron chi connectivity index (χ0n) is 35.6. The molecular weight excluding hydrogens is 759 g/mol. The van der Waals surface area contributed by atoms with Crippen LogP contribution in [0.15, 0.2) is 85.1 Å². The highest BCUT2D eigenvalue weighted by molar-refractivity contribution is 7.47. The summed E-state index contributed by atoms with van der Waals surface area (Å²) in [5.41, 5.74) is 0. The number of aliphatic hydroxyl groups excluding tert-OH is 3. The Labute approximate surface area is 350 Å². The van der Waals surface area contributed by atoms with E-state index < -0.39 is 57.9 Å². The molecule has 4 atom stereocenters. The third-order valence-corrected chi connectivity index (χ3v) is 9.56. The second-order valence-corrected chi connectivity index (χ2v) is 15.6. The Morgan fingerprint density at radius 2 is 1.16 bits per heavy atom. The van der Waals surface area contributed by atoms with E-state index >= 15 is 0 Å². The lowest BCUT2D eigenvalue weighted by molar-refractivity contribution is -0.161. The molecule has 332 valence electrons. The summed E-state index contributed by atoms with van der Waals surface area (Å²) in [5, 5.41) is 28.3. The van der Waals surface area contributed by atoms with Crippen LogP contribution in [-0.2, 0) is 32.7 Å². The molecule has 2 unspecified atom stereocenters. The molecule has 0 aromatic carbocycles. The van der Waals surface area contributed by atoms with Crippen molar-refractivity contribution in [3.8, 4) is 0 Å². The van der Waals surface area contributed by atoms with Gasteiger partial charge in [0.2, 0.25) is 0 Å². The smallest absolute Gasteiger partial charge is 0.462 e. The van der Waals surface area contributed by atoms with Gasteiger partial charge < -0.3 is 29.7 Å². The van der Waals surface area contributed by atoms with E-state index in [2.05, 4.69) is 54.8 Å². The topological polar surface area (TPSA) is 169 Å². The second-order valence-electron chi connectivity index (χ2n) is 14.2. The van der Waals surface area contributed by atoms with Gasteiger partial charge in [-0.05, 0) is 77.0 Å². The monoisotopic (exact) mass is 837 g/mol. The summed E-state index contributed by atoms with van der Waals surface area (Å²) in [6, 6.07) is 0. The maximum Gasteiger partial charge on any atom is 0.472 e. The van der Waals surface area contributed by atoms with Crippen LogP contribution in [0.5, 0.6) is 0 Å². The largest absolute Gasteiger partial charge is 0.472 e. The molecule has 0 radical (unpaired) electrons. The number of carbonyl (C=O) groups excluding carboxylic acids is 2. The highest BCUT2D eigenvalue weighted by Gasteiger charge is 2.27. The average molecular weight is 837 g/mol. The lowest BCUT2D eigenvalue weighted by atomic mass is 10.1. The van der Waals surface area contributed by atoms with Gasteiger partial charge in [0.15, 0.2) is 6.10 Å². The van der Waals surface area contributed by atoms with Gasteiger partial charge in [-0.25, -0.2) is 4.57 Å². The first-order valence-electron chi connectivity index (χ1n) is 21.7. The Morgan fingerprint density at radius 1 is 0.603 bits per heavy atom. The first-order valence-corrected chi connectivity index (χ1v) is 23.1. The summed E-state index contributed by atoms with van der Waals surface area (Å²) in [4.78, 5) is 35.0. The van der Waals surface area contributed by atoms with Crippen molar-refractivity contribution in [2.45, 2.75) is 167 Å². The van der Waals surface area contributed by atoms with Crippen LogP contribution in [0.3, 0.4) is 0 Å². The number of carbonyl (C=O) groups is 2. The Morgan fingerprint density at radius 3 is 1.81 bits per heavy atom. The molecule has 0 fully saturated rings. The summed E-state index contributed by atoms with van der Waals surface area (Å²) < 4.78 is 32.6. The summed E-state index contributed by atoms with van der Waals surface area (Å²) in [5.74, 6) is -1.05. The SMILES string of the molecule is CC/C=C\C/C=C\CC(O)/C=C/C=C\C/C=C\CCCC(=O)OC[C@H](COP(=O)(O)OC[C@@H](O)CO)OC(=O)CCCCCCCCC/C=C\C/C=C\CCCCC.